The molecule has 1 saturated heterocycles. The first-order chi connectivity index (χ1) is 9.61. The normalized spacial score (nSPS) is 29.6. The second-order valence-corrected chi connectivity index (χ2v) is 6.15. The van der Waals surface area contributed by atoms with Crippen LogP contribution in [0.3, 0.4) is 0 Å². The van der Waals surface area contributed by atoms with Gasteiger partial charge >= 0.3 is 5.97 Å². The van der Waals surface area contributed by atoms with Gasteiger partial charge in [-0.15, -0.1) is 0 Å². The molecule has 2 aliphatic rings. The lowest BCUT2D eigenvalue weighted by Gasteiger charge is -2.18. The lowest BCUT2D eigenvalue weighted by molar-refractivity contribution is -0.136. The number of aliphatic hydroxyl groups excluding tert-OH is 1. The fourth-order valence-corrected chi connectivity index (χ4v) is 3.65. The Morgan fingerprint density at radius 3 is 2.50 bits per heavy atom. The molecule has 1 aromatic carbocycles. The van der Waals surface area contributed by atoms with Crippen molar-refractivity contribution in [2.24, 2.45) is 11.8 Å². The van der Waals surface area contributed by atoms with Crippen LogP contribution in [0.15, 0.2) is 24.3 Å². The minimum absolute atomic E-state index is 0.0837. The molecule has 0 bridgehead atoms. The summed E-state index contributed by atoms with van der Waals surface area (Å²) in [5.41, 5.74) is 2.06. The van der Waals surface area contributed by atoms with Gasteiger partial charge in [0.05, 0.1) is 12.5 Å². The molecule has 4 nitrogen and oxygen atoms in total. The average Bonchev–Trinajstić information content (AvgIpc) is 2.94. The van der Waals surface area contributed by atoms with E-state index in [1.807, 2.05) is 24.3 Å². The van der Waals surface area contributed by atoms with Crippen molar-refractivity contribution >= 4 is 5.97 Å². The molecule has 2 fully saturated rings. The number of carboxylic acid groups (broad SMARTS) is 1. The maximum Gasteiger partial charge on any atom is 0.307 e. The van der Waals surface area contributed by atoms with Crippen molar-refractivity contribution in [1.82, 2.24) is 4.90 Å². The summed E-state index contributed by atoms with van der Waals surface area (Å²) in [6.45, 7) is 2.97. The lowest BCUT2D eigenvalue weighted by Crippen LogP contribution is -2.24. The molecular weight excluding hydrogens is 254 g/mol. The summed E-state index contributed by atoms with van der Waals surface area (Å²) in [6, 6.07) is 7.83. The van der Waals surface area contributed by atoms with E-state index in [1.165, 1.54) is 5.56 Å². The zero-order valence-corrected chi connectivity index (χ0v) is 11.5. The monoisotopic (exact) mass is 275 g/mol. The van der Waals surface area contributed by atoms with Crippen LogP contribution in [-0.4, -0.2) is 40.3 Å². The highest BCUT2D eigenvalue weighted by atomic mass is 16.4. The Morgan fingerprint density at radius 2 is 1.85 bits per heavy atom. The summed E-state index contributed by atoms with van der Waals surface area (Å²) in [6.07, 6.45) is 2.09. The van der Waals surface area contributed by atoms with E-state index in [1.54, 1.807) is 0 Å². The Morgan fingerprint density at radius 1 is 1.15 bits per heavy atom. The van der Waals surface area contributed by atoms with Crippen molar-refractivity contribution in [2.75, 3.05) is 13.1 Å². The zero-order chi connectivity index (χ0) is 14.1. The quantitative estimate of drug-likeness (QED) is 0.874. The second kappa shape index (κ2) is 5.54. The molecular formula is C16H21NO3. The number of hydrogen-bond acceptors (Lipinski definition) is 3. The number of hydrogen-bond donors (Lipinski definition) is 2. The molecule has 1 heterocycles. The highest BCUT2D eigenvalue weighted by Crippen LogP contribution is 2.38. The van der Waals surface area contributed by atoms with Gasteiger partial charge in [0.2, 0.25) is 0 Å². The Hall–Kier alpha value is -1.39. The standard InChI is InChI=1S/C16H21NO3/c18-15-6-5-13-9-17(10-14(13)15)8-12-3-1-11(2-4-12)7-16(19)20/h1-4,13-15,18H,5-10H2,(H,19,20). The van der Waals surface area contributed by atoms with Gasteiger partial charge in [0.15, 0.2) is 0 Å². The highest BCUT2D eigenvalue weighted by molar-refractivity contribution is 5.70. The zero-order valence-electron chi connectivity index (χ0n) is 11.5. The van der Waals surface area contributed by atoms with Gasteiger partial charge in [-0.3, -0.25) is 9.69 Å². The van der Waals surface area contributed by atoms with Crippen LogP contribution in [0.25, 0.3) is 0 Å². The van der Waals surface area contributed by atoms with Crippen LogP contribution in [0.2, 0.25) is 0 Å². The van der Waals surface area contributed by atoms with Crippen LogP contribution >= 0.6 is 0 Å². The van der Waals surface area contributed by atoms with Crippen molar-refractivity contribution < 1.29 is 15.0 Å². The van der Waals surface area contributed by atoms with Gasteiger partial charge in [-0.1, -0.05) is 24.3 Å². The molecule has 0 spiro atoms. The SMILES string of the molecule is O=C(O)Cc1ccc(CN2CC3CCC(O)C3C2)cc1. The van der Waals surface area contributed by atoms with Crippen LogP contribution in [0.1, 0.15) is 24.0 Å². The maximum atomic E-state index is 10.6. The number of aliphatic hydroxyl groups is 1. The molecule has 3 rings (SSSR count). The molecule has 1 aliphatic carbocycles. The van der Waals surface area contributed by atoms with Gasteiger partial charge in [-0.2, -0.15) is 0 Å². The number of aliphatic carboxylic acids is 1. The van der Waals surface area contributed by atoms with E-state index in [4.69, 9.17) is 5.11 Å². The number of likely N-dealkylation sites (tertiary alicyclic amines) is 1. The highest BCUT2D eigenvalue weighted by Gasteiger charge is 2.41. The molecule has 2 N–H and O–H groups in total. The van der Waals surface area contributed by atoms with E-state index in [2.05, 4.69) is 4.90 Å². The van der Waals surface area contributed by atoms with Crippen molar-refractivity contribution in [3.63, 3.8) is 0 Å². The van der Waals surface area contributed by atoms with E-state index in [-0.39, 0.29) is 12.5 Å². The molecule has 0 aromatic heterocycles. The van der Waals surface area contributed by atoms with Crippen molar-refractivity contribution in [2.45, 2.75) is 31.9 Å². The summed E-state index contributed by atoms with van der Waals surface area (Å²) >= 11 is 0. The molecule has 4 heteroatoms. The van der Waals surface area contributed by atoms with Gasteiger partial charge in [-0.05, 0) is 29.9 Å². The third-order valence-electron chi connectivity index (χ3n) is 4.68. The van der Waals surface area contributed by atoms with E-state index in [9.17, 15) is 9.90 Å². The van der Waals surface area contributed by atoms with E-state index < -0.39 is 5.97 Å². The topological polar surface area (TPSA) is 60.8 Å². The molecule has 1 aromatic rings. The van der Waals surface area contributed by atoms with Crippen LogP contribution in [0, 0.1) is 11.8 Å². The predicted molar refractivity (Wildman–Crippen MR) is 75.3 cm³/mol. The summed E-state index contributed by atoms with van der Waals surface area (Å²) in [4.78, 5) is 13.0. The second-order valence-electron chi connectivity index (χ2n) is 6.15. The van der Waals surface area contributed by atoms with E-state index >= 15 is 0 Å². The molecule has 0 amide bonds. The summed E-state index contributed by atoms with van der Waals surface area (Å²) < 4.78 is 0. The van der Waals surface area contributed by atoms with Crippen LogP contribution < -0.4 is 0 Å². The minimum atomic E-state index is -0.792. The lowest BCUT2D eigenvalue weighted by atomic mass is 10.00. The predicted octanol–water partition coefficient (Wildman–Crippen LogP) is 1.52. The summed E-state index contributed by atoms with van der Waals surface area (Å²) in [5.74, 6) is 0.330. The number of nitrogens with zero attached hydrogens (tertiary/aromatic N) is 1. The molecule has 0 radical (unpaired) electrons. The first-order valence-corrected chi connectivity index (χ1v) is 7.32. The largest absolute Gasteiger partial charge is 0.481 e. The van der Waals surface area contributed by atoms with Crippen LogP contribution in [-0.2, 0) is 17.8 Å². The van der Waals surface area contributed by atoms with Crippen LogP contribution in [0.4, 0.5) is 0 Å². The Balaban J connectivity index is 1.57. The Kier molecular flexibility index (Phi) is 3.76. The molecule has 3 atom stereocenters. The number of carboxylic acids is 1. The first-order valence-electron chi connectivity index (χ1n) is 7.32. The van der Waals surface area contributed by atoms with Crippen molar-refractivity contribution in [3.05, 3.63) is 35.4 Å². The van der Waals surface area contributed by atoms with E-state index in [0.717, 1.165) is 38.0 Å². The fourth-order valence-electron chi connectivity index (χ4n) is 3.65. The van der Waals surface area contributed by atoms with Crippen molar-refractivity contribution in [1.29, 1.82) is 0 Å². The molecule has 3 unspecified atom stereocenters. The molecule has 1 aliphatic heterocycles. The average molecular weight is 275 g/mol. The van der Waals surface area contributed by atoms with Gasteiger partial charge in [-0.25, -0.2) is 0 Å². The summed E-state index contributed by atoms with van der Waals surface area (Å²) in [7, 11) is 0. The third kappa shape index (κ3) is 2.86. The number of carbonyl (C=O) groups is 1. The van der Waals surface area contributed by atoms with Gasteiger partial charge < -0.3 is 10.2 Å². The Bertz CT molecular complexity index is 485. The first kappa shape index (κ1) is 13.6. The number of fused-ring (bicyclic) bond motifs is 1. The maximum absolute atomic E-state index is 10.6. The number of benzene rings is 1. The fraction of sp³-hybridized carbons (Fsp3) is 0.562. The smallest absolute Gasteiger partial charge is 0.307 e. The molecule has 20 heavy (non-hydrogen) atoms. The third-order valence-corrected chi connectivity index (χ3v) is 4.68. The van der Waals surface area contributed by atoms with E-state index in [0.29, 0.717) is 11.8 Å². The number of rotatable bonds is 4. The molecule has 1 saturated carbocycles. The van der Waals surface area contributed by atoms with Gasteiger partial charge in [0.1, 0.15) is 0 Å². The molecule has 108 valence electrons. The Labute approximate surface area is 119 Å². The van der Waals surface area contributed by atoms with Crippen LogP contribution in [0.5, 0.6) is 0 Å². The van der Waals surface area contributed by atoms with Gasteiger partial charge in [0, 0.05) is 25.6 Å². The van der Waals surface area contributed by atoms with Gasteiger partial charge in [0.25, 0.3) is 0 Å². The minimum Gasteiger partial charge on any atom is -0.481 e. The van der Waals surface area contributed by atoms with Crippen molar-refractivity contribution in [3.8, 4) is 0 Å². The summed E-state index contributed by atoms with van der Waals surface area (Å²) in [5, 5.41) is 18.7.